The Morgan fingerprint density at radius 3 is 2.12 bits per heavy atom. The minimum absolute atomic E-state index is 0.351. The summed E-state index contributed by atoms with van der Waals surface area (Å²) >= 11 is 0. The van der Waals surface area contributed by atoms with E-state index in [1.807, 2.05) is 19.1 Å². The number of piperidine rings is 1. The van der Waals surface area contributed by atoms with Crippen LogP contribution < -0.4 is 0 Å². The van der Waals surface area contributed by atoms with E-state index in [9.17, 15) is 4.79 Å². The molecule has 33 heavy (non-hydrogen) atoms. The molecular formula is C29H30N2O2. The van der Waals surface area contributed by atoms with E-state index in [0.29, 0.717) is 12.3 Å². The van der Waals surface area contributed by atoms with Gasteiger partial charge in [-0.1, -0.05) is 60.2 Å². The van der Waals surface area contributed by atoms with Crippen LogP contribution in [0.4, 0.5) is 0 Å². The van der Waals surface area contributed by atoms with Crippen LogP contribution in [-0.2, 0) is 24.1 Å². The number of nitrogens with zero attached hydrogens (tertiary/aromatic N) is 2. The number of likely N-dealkylation sites (tertiary alicyclic amines) is 1. The molecule has 1 aliphatic carbocycles. The fraction of sp³-hybridized carbons (Fsp3) is 0.310. The monoisotopic (exact) mass is 438 g/mol. The van der Waals surface area contributed by atoms with Gasteiger partial charge in [0.25, 0.3) is 0 Å². The van der Waals surface area contributed by atoms with E-state index in [1.54, 1.807) is 11.6 Å². The molecule has 0 bridgehead atoms. The second-order valence-electron chi connectivity index (χ2n) is 8.80. The minimum Gasteiger partial charge on any atom is -0.461 e. The molecular weight excluding hydrogens is 408 g/mol. The van der Waals surface area contributed by atoms with Crippen molar-refractivity contribution in [1.29, 1.82) is 0 Å². The minimum atomic E-state index is -0.351. The van der Waals surface area contributed by atoms with Crippen molar-refractivity contribution in [2.75, 3.05) is 19.7 Å². The number of benzene rings is 2. The van der Waals surface area contributed by atoms with Crippen LogP contribution in [-0.4, -0.2) is 35.5 Å². The molecule has 1 fully saturated rings. The van der Waals surface area contributed by atoms with Crippen LogP contribution >= 0.6 is 0 Å². The van der Waals surface area contributed by atoms with Gasteiger partial charge < -0.3 is 4.74 Å². The number of rotatable bonds is 4. The van der Waals surface area contributed by atoms with Crippen LogP contribution in [0.15, 0.2) is 72.3 Å². The summed E-state index contributed by atoms with van der Waals surface area (Å²) in [6.07, 6.45) is 4.29. The molecule has 0 spiro atoms. The molecule has 4 nitrogen and oxygen atoms in total. The van der Waals surface area contributed by atoms with E-state index in [0.717, 1.165) is 51.0 Å². The van der Waals surface area contributed by atoms with Crippen molar-refractivity contribution < 1.29 is 9.53 Å². The van der Waals surface area contributed by atoms with E-state index in [2.05, 4.69) is 58.4 Å². The van der Waals surface area contributed by atoms with Gasteiger partial charge in [0.15, 0.2) is 0 Å². The van der Waals surface area contributed by atoms with Crippen LogP contribution in [0, 0.1) is 0 Å². The quantitative estimate of drug-likeness (QED) is 0.508. The Morgan fingerprint density at radius 2 is 1.48 bits per heavy atom. The molecule has 1 saturated heterocycles. The molecule has 2 aliphatic rings. The van der Waals surface area contributed by atoms with Crippen molar-refractivity contribution in [3.05, 3.63) is 106 Å². The van der Waals surface area contributed by atoms with E-state index in [4.69, 9.17) is 4.74 Å². The van der Waals surface area contributed by atoms with Crippen molar-refractivity contribution in [3.8, 4) is 0 Å². The van der Waals surface area contributed by atoms with Gasteiger partial charge in [-0.3, -0.25) is 4.90 Å². The third kappa shape index (κ3) is 4.62. The van der Waals surface area contributed by atoms with Crippen LogP contribution in [0.5, 0.6) is 0 Å². The standard InChI is InChI=1S/C29H30N2O2/c1-2-33-29(32)27-13-7-10-24(30-27)20-31-18-16-23(17-19-31)28-25-11-5-3-8-21(25)14-15-22-9-4-6-12-26(22)28/h3-13H,2,14-20H2,1H3. The molecule has 0 atom stereocenters. The van der Waals surface area contributed by atoms with Gasteiger partial charge in [0.05, 0.1) is 12.3 Å². The molecule has 5 rings (SSSR count). The van der Waals surface area contributed by atoms with Gasteiger partial charge in [-0.25, -0.2) is 9.78 Å². The average molecular weight is 439 g/mol. The summed E-state index contributed by atoms with van der Waals surface area (Å²) in [4.78, 5) is 19.0. The number of carbonyl (C=O) groups is 1. The number of ether oxygens (including phenoxy) is 1. The number of hydrogen-bond acceptors (Lipinski definition) is 4. The van der Waals surface area contributed by atoms with E-state index in [1.165, 1.54) is 27.8 Å². The van der Waals surface area contributed by atoms with Gasteiger partial charge in [-0.05, 0) is 72.6 Å². The highest BCUT2D eigenvalue weighted by Crippen LogP contribution is 2.38. The van der Waals surface area contributed by atoms with Crippen molar-refractivity contribution in [2.24, 2.45) is 0 Å². The Kier molecular flexibility index (Phi) is 6.36. The Bertz CT molecular complexity index is 1140. The first-order valence-corrected chi connectivity index (χ1v) is 12.0. The first kappa shape index (κ1) is 21.6. The number of esters is 1. The van der Waals surface area contributed by atoms with Crippen LogP contribution in [0.25, 0.3) is 5.57 Å². The summed E-state index contributed by atoms with van der Waals surface area (Å²) in [6, 6.07) is 23.5. The zero-order chi connectivity index (χ0) is 22.6. The Hall–Kier alpha value is -3.24. The normalized spacial score (nSPS) is 16.0. The highest BCUT2D eigenvalue weighted by Gasteiger charge is 2.24. The fourth-order valence-electron chi connectivity index (χ4n) is 5.11. The summed E-state index contributed by atoms with van der Waals surface area (Å²) in [5, 5.41) is 0. The van der Waals surface area contributed by atoms with Crippen molar-refractivity contribution in [1.82, 2.24) is 9.88 Å². The third-order valence-electron chi connectivity index (χ3n) is 6.73. The van der Waals surface area contributed by atoms with E-state index < -0.39 is 0 Å². The number of hydrogen-bond donors (Lipinski definition) is 0. The molecule has 3 aromatic rings. The van der Waals surface area contributed by atoms with Crippen LogP contribution in [0.3, 0.4) is 0 Å². The summed E-state index contributed by atoms with van der Waals surface area (Å²) in [5.74, 6) is -0.351. The van der Waals surface area contributed by atoms with E-state index in [-0.39, 0.29) is 5.97 Å². The summed E-state index contributed by atoms with van der Waals surface area (Å²) in [5.41, 5.74) is 10.1. The third-order valence-corrected chi connectivity index (χ3v) is 6.73. The predicted molar refractivity (Wildman–Crippen MR) is 131 cm³/mol. The highest BCUT2D eigenvalue weighted by molar-refractivity contribution is 5.87. The molecule has 1 aromatic heterocycles. The lowest BCUT2D eigenvalue weighted by Gasteiger charge is -2.30. The smallest absolute Gasteiger partial charge is 0.356 e. The zero-order valence-electron chi connectivity index (χ0n) is 19.2. The largest absolute Gasteiger partial charge is 0.461 e. The molecule has 0 saturated carbocycles. The maximum atomic E-state index is 12.0. The molecule has 168 valence electrons. The summed E-state index contributed by atoms with van der Waals surface area (Å²) in [6.45, 7) is 4.92. The van der Waals surface area contributed by atoms with Gasteiger partial charge in [0.1, 0.15) is 5.69 Å². The number of aryl methyl sites for hydroxylation is 2. The number of pyridine rings is 1. The first-order chi connectivity index (χ1) is 16.2. The topological polar surface area (TPSA) is 42.4 Å². The lowest BCUT2D eigenvalue weighted by Crippen LogP contribution is -2.31. The Morgan fingerprint density at radius 1 is 0.848 bits per heavy atom. The second-order valence-corrected chi connectivity index (χ2v) is 8.80. The SMILES string of the molecule is CCOC(=O)c1cccc(CN2CCC(=C3c4ccccc4CCc4ccccc43)CC2)n1. The van der Waals surface area contributed by atoms with Crippen molar-refractivity contribution in [3.63, 3.8) is 0 Å². The highest BCUT2D eigenvalue weighted by atomic mass is 16.5. The first-order valence-electron chi connectivity index (χ1n) is 12.0. The Balaban J connectivity index is 1.38. The molecule has 2 heterocycles. The number of aromatic nitrogens is 1. The lowest BCUT2D eigenvalue weighted by molar-refractivity contribution is 0.0519. The van der Waals surface area contributed by atoms with Gasteiger partial charge in [0.2, 0.25) is 0 Å². The lowest BCUT2D eigenvalue weighted by atomic mass is 9.86. The van der Waals surface area contributed by atoms with Crippen molar-refractivity contribution in [2.45, 2.75) is 39.2 Å². The van der Waals surface area contributed by atoms with E-state index >= 15 is 0 Å². The van der Waals surface area contributed by atoms with Gasteiger partial charge >= 0.3 is 5.97 Å². The number of fused-ring (bicyclic) bond motifs is 2. The van der Waals surface area contributed by atoms with Gasteiger partial charge in [-0.2, -0.15) is 0 Å². The average Bonchev–Trinajstić information content (AvgIpc) is 3.02. The molecule has 0 unspecified atom stereocenters. The molecule has 0 amide bonds. The van der Waals surface area contributed by atoms with Crippen LogP contribution in [0.2, 0.25) is 0 Å². The maximum absolute atomic E-state index is 12.0. The molecule has 0 radical (unpaired) electrons. The summed E-state index contributed by atoms with van der Waals surface area (Å²) in [7, 11) is 0. The van der Waals surface area contributed by atoms with Crippen molar-refractivity contribution >= 4 is 11.5 Å². The maximum Gasteiger partial charge on any atom is 0.356 e. The Labute approximate surface area is 195 Å². The molecule has 0 N–H and O–H groups in total. The fourth-order valence-corrected chi connectivity index (χ4v) is 5.11. The van der Waals surface area contributed by atoms with Crippen LogP contribution in [0.1, 0.15) is 58.2 Å². The number of carbonyl (C=O) groups excluding carboxylic acids is 1. The molecule has 2 aromatic carbocycles. The zero-order valence-corrected chi connectivity index (χ0v) is 19.2. The van der Waals surface area contributed by atoms with Gasteiger partial charge in [-0.15, -0.1) is 0 Å². The molecule has 4 heteroatoms. The summed E-state index contributed by atoms with van der Waals surface area (Å²) < 4.78 is 5.10. The second kappa shape index (κ2) is 9.72. The molecule has 1 aliphatic heterocycles. The predicted octanol–water partition coefficient (Wildman–Crippen LogP) is 5.45. The van der Waals surface area contributed by atoms with Gasteiger partial charge in [0, 0.05) is 19.6 Å².